The number of aliphatic hydroxyl groups excluding tert-OH is 1. The fourth-order valence-electron chi connectivity index (χ4n) is 2.14. The van der Waals surface area contributed by atoms with Crippen LogP contribution in [-0.2, 0) is 6.54 Å². The van der Waals surface area contributed by atoms with E-state index in [0.29, 0.717) is 18.5 Å². The van der Waals surface area contributed by atoms with E-state index in [9.17, 15) is 4.79 Å². The maximum atomic E-state index is 12.1. The van der Waals surface area contributed by atoms with Gasteiger partial charge in [0.15, 0.2) is 0 Å². The average Bonchev–Trinajstić information content (AvgIpc) is 2.96. The molecule has 0 radical (unpaired) electrons. The van der Waals surface area contributed by atoms with Gasteiger partial charge in [-0.1, -0.05) is 37.3 Å². The number of carbonyl (C=O) groups excluding carboxylic acids is 1. The number of nitrogens with one attached hydrogen (secondary N) is 1. The van der Waals surface area contributed by atoms with Crippen molar-refractivity contribution >= 4 is 5.91 Å². The second-order valence-electron chi connectivity index (χ2n) is 5.00. The number of rotatable bonds is 7. The molecule has 0 saturated carbocycles. The Morgan fingerprint density at radius 2 is 2.14 bits per heavy atom. The van der Waals surface area contributed by atoms with Crippen molar-refractivity contribution in [3.63, 3.8) is 0 Å². The van der Waals surface area contributed by atoms with Crippen molar-refractivity contribution in [1.29, 1.82) is 0 Å². The van der Waals surface area contributed by atoms with Crippen LogP contribution in [0.3, 0.4) is 0 Å². The van der Waals surface area contributed by atoms with Crippen LogP contribution in [0.4, 0.5) is 0 Å². The van der Waals surface area contributed by atoms with Gasteiger partial charge in [0, 0.05) is 18.8 Å². The van der Waals surface area contributed by atoms with E-state index in [2.05, 4.69) is 10.4 Å². The van der Waals surface area contributed by atoms with Crippen LogP contribution >= 0.6 is 0 Å². The fraction of sp³-hybridized carbons (Fsp3) is 0.375. The molecule has 1 unspecified atom stereocenters. The number of amides is 1. The molecule has 1 atom stereocenters. The molecular weight excluding hydrogens is 266 g/mol. The summed E-state index contributed by atoms with van der Waals surface area (Å²) in [6, 6.07) is 9.98. The van der Waals surface area contributed by atoms with Gasteiger partial charge in [-0.05, 0) is 18.4 Å². The summed E-state index contributed by atoms with van der Waals surface area (Å²) in [5.74, 6) is -0.144. The first kappa shape index (κ1) is 15.3. The van der Waals surface area contributed by atoms with Crippen LogP contribution in [-0.4, -0.2) is 33.4 Å². The van der Waals surface area contributed by atoms with E-state index in [1.165, 1.54) is 0 Å². The third-order valence-corrected chi connectivity index (χ3v) is 3.39. The Kier molecular flexibility index (Phi) is 5.51. The Hall–Kier alpha value is -2.14. The predicted octanol–water partition coefficient (Wildman–Crippen LogP) is 1.82. The molecule has 0 aliphatic heterocycles. The monoisotopic (exact) mass is 287 g/mol. The second-order valence-corrected chi connectivity index (χ2v) is 5.00. The van der Waals surface area contributed by atoms with Crippen LogP contribution < -0.4 is 5.32 Å². The van der Waals surface area contributed by atoms with E-state index >= 15 is 0 Å². The summed E-state index contributed by atoms with van der Waals surface area (Å²) in [5.41, 5.74) is 1.68. The first-order chi connectivity index (χ1) is 10.2. The Bertz CT molecular complexity index is 566. The maximum absolute atomic E-state index is 12.1. The van der Waals surface area contributed by atoms with E-state index in [0.717, 1.165) is 12.0 Å². The normalized spacial score (nSPS) is 12.1. The summed E-state index contributed by atoms with van der Waals surface area (Å²) >= 11 is 0. The first-order valence-corrected chi connectivity index (χ1v) is 7.21. The maximum Gasteiger partial charge on any atom is 0.254 e. The molecule has 1 aromatic heterocycles. The number of nitrogens with zero attached hydrogens (tertiary/aromatic N) is 2. The molecule has 0 bridgehead atoms. The van der Waals surface area contributed by atoms with E-state index < -0.39 is 0 Å². The minimum Gasteiger partial charge on any atom is -0.396 e. The lowest BCUT2D eigenvalue weighted by molar-refractivity contribution is 0.0929. The van der Waals surface area contributed by atoms with Gasteiger partial charge >= 0.3 is 0 Å². The number of aliphatic hydroxyl groups is 1. The van der Waals surface area contributed by atoms with Crippen molar-refractivity contribution in [1.82, 2.24) is 15.1 Å². The van der Waals surface area contributed by atoms with Crippen LogP contribution in [0.15, 0.2) is 42.7 Å². The third kappa shape index (κ3) is 4.43. The summed E-state index contributed by atoms with van der Waals surface area (Å²) in [6.45, 7) is 2.70. The quantitative estimate of drug-likeness (QED) is 0.816. The summed E-state index contributed by atoms with van der Waals surface area (Å²) in [4.78, 5) is 12.1. The number of hydrogen-bond acceptors (Lipinski definition) is 3. The van der Waals surface area contributed by atoms with Gasteiger partial charge in [-0.15, -0.1) is 0 Å². The zero-order valence-electron chi connectivity index (χ0n) is 12.2. The molecule has 5 heteroatoms. The van der Waals surface area contributed by atoms with Gasteiger partial charge in [0.1, 0.15) is 0 Å². The standard InChI is InChI=1S/C16H21N3O2/c1-2-15(8-9-20)18-16(21)14-10-17-19(12-14)11-13-6-4-3-5-7-13/h3-7,10,12,15,20H,2,8-9,11H2,1H3,(H,18,21). The Labute approximate surface area is 124 Å². The third-order valence-electron chi connectivity index (χ3n) is 3.39. The van der Waals surface area contributed by atoms with Gasteiger partial charge in [-0.25, -0.2) is 0 Å². The summed E-state index contributed by atoms with van der Waals surface area (Å²) in [7, 11) is 0. The van der Waals surface area contributed by atoms with Crippen LogP contribution in [0.1, 0.15) is 35.7 Å². The highest BCUT2D eigenvalue weighted by atomic mass is 16.3. The topological polar surface area (TPSA) is 67.2 Å². The highest BCUT2D eigenvalue weighted by Crippen LogP contribution is 2.05. The minimum atomic E-state index is -0.144. The van der Waals surface area contributed by atoms with E-state index in [4.69, 9.17) is 5.11 Å². The first-order valence-electron chi connectivity index (χ1n) is 7.21. The average molecular weight is 287 g/mol. The molecule has 5 nitrogen and oxygen atoms in total. The molecule has 2 aromatic rings. The van der Waals surface area contributed by atoms with Crippen molar-refractivity contribution in [3.05, 3.63) is 53.9 Å². The zero-order valence-corrected chi connectivity index (χ0v) is 12.2. The largest absolute Gasteiger partial charge is 0.396 e. The SMILES string of the molecule is CCC(CCO)NC(=O)c1cnn(Cc2ccccc2)c1. The van der Waals surface area contributed by atoms with E-state index in [1.807, 2.05) is 37.3 Å². The lowest BCUT2D eigenvalue weighted by atomic mass is 10.1. The molecule has 1 aromatic carbocycles. The molecule has 0 saturated heterocycles. The van der Waals surface area contributed by atoms with Crippen molar-refractivity contribution in [3.8, 4) is 0 Å². The molecule has 0 fully saturated rings. The molecule has 112 valence electrons. The lowest BCUT2D eigenvalue weighted by Gasteiger charge is -2.14. The van der Waals surface area contributed by atoms with Crippen LogP contribution in [0.5, 0.6) is 0 Å². The summed E-state index contributed by atoms with van der Waals surface area (Å²) < 4.78 is 1.75. The molecule has 1 heterocycles. The minimum absolute atomic E-state index is 0.0000247. The summed E-state index contributed by atoms with van der Waals surface area (Å²) in [5, 5.41) is 16.1. The number of aromatic nitrogens is 2. The van der Waals surface area contributed by atoms with Gasteiger partial charge < -0.3 is 10.4 Å². The predicted molar refractivity (Wildman–Crippen MR) is 81.0 cm³/mol. The van der Waals surface area contributed by atoms with E-state index in [1.54, 1.807) is 17.1 Å². The molecule has 2 rings (SSSR count). The highest BCUT2D eigenvalue weighted by molar-refractivity contribution is 5.93. The number of carbonyl (C=O) groups is 1. The number of benzene rings is 1. The van der Waals surface area contributed by atoms with Gasteiger partial charge in [0.25, 0.3) is 5.91 Å². The molecule has 21 heavy (non-hydrogen) atoms. The smallest absolute Gasteiger partial charge is 0.254 e. The number of hydrogen-bond donors (Lipinski definition) is 2. The molecule has 0 aliphatic rings. The van der Waals surface area contributed by atoms with Gasteiger partial charge in [-0.2, -0.15) is 5.10 Å². The second kappa shape index (κ2) is 7.59. The molecular formula is C16H21N3O2. The van der Waals surface area contributed by atoms with Gasteiger partial charge in [-0.3, -0.25) is 9.48 Å². The zero-order chi connectivity index (χ0) is 15.1. The summed E-state index contributed by atoms with van der Waals surface area (Å²) in [6.07, 6.45) is 4.68. The molecule has 2 N–H and O–H groups in total. The highest BCUT2D eigenvalue weighted by Gasteiger charge is 2.13. The van der Waals surface area contributed by atoms with Crippen molar-refractivity contribution in [2.24, 2.45) is 0 Å². The van der Waals surface area contributed by atoms with Crippen molar-refractivity contribution in [2.75, 3.05) is 6.61 Å². The molecule has 0 spiro atoms. The fourth-order valence-corrected chi connectivity index (χ4v) is 2.14. The van der Waals surface area contributed by atoms with Crippen LogP contribution in [0.2, 0.25) is 0 Å². The Morgan fingerprint density at radius 1 is 1.38 bits per heavy atom. The molecule has 1 amide bonds. The van der Waals surface area contributed by atoms with E-state index in [-0.39, 0.29) is 18.6 Å². The van der Waals surface area contributed by atoms with Crippen molar-refractivity contribution in [2.45, 2.75) is 32.4 Å². The van der Waals surface area contributed by atoms with Crippen LogP contribution in [0, 0.1) is 0 Å². The lowest BCUT2D eigenvalue weighted by Crippen LogP contribution is -2.34. The van der Waals surface area contributed by atoms with Gasteiger partial charge in [0.05, 0.1) is 18.3 Å². The van der Waals surface area contributed by atoms with Crippen molar-refractivity contribution < 1.29 is 9.90 Å². The van der Waals surface area contributed by atoms with Gasteiger partial charge in [0.2, 0.25) is 0 Å². The Morgan fingerprint density at radius 3 is 2.81 bits per heavy atom. The molecule has 0 aliphatic carbocycles. The van der Waals surface area contributed by atoms with Crippen LogP contribution in [0.25, 0.3) is 0 Å². The Balaban J connectivity index is 1.97.